The number of fused-ring (bicyclic) bond motifs is 3. The standard InChI is InChI=1S/C22H15BrCl2N2O/c23-15-6-4-13(5-7-15)19-12-20-18-11-17(25)8-9-21(18)28-22(27(20)26-19)14-2-1-3-16(24)10-14/h1-11,20,22H,12H2. The molecule has 28 heavy (non-hydrogen) atoms. The monoisotopic (exact) mass is 472 g/mol. The van der Waals surface area contributed by atoms with Crippen molar-refractivity contribution in [2.24, 2.45) is 5.10 Å². The van der Waals surface area contributed by atoms with E-state index in [1.54, 1.807) is 0 Å². The molecule has 0 N–H and O–H groups in total. The molecule has 3 aromatic rings. The molecule has 2 aliphatic heterocycles. The van der Waals surface area contributed by atoms with Crippen molar-refractivity contribution in [2.45, 2.75) is 18.7 Å². The summed E-state index contributed by atoms with van der Waals surface area (Å²) in [4.78, 5) is 0. The van der Waals surface area contributed by atoms with E-state index in [1.807, 2.05) is 59.6 Å². The number of halogens is 3. The van der Waals surface area contributed by atoms with Gasteiger partial charge in [0.05, 0.1) is 11.8 Å². The highest BCUT2D eigenvalue weighted by Crippen LogP contribution is 2.48. The van der Waals surface area contributed by atoms with Gasteiger partial charge in [-0.2, -0.15) is 5.10 Å². The highest BCUT2D eigenvalue weighted by Gasteiger charge is 2.41. The van der Waals surface area contributed by atoms with Crippen LogP contribution >= 0.6 is 39.1 Å². The second kappa shape index (κ2) is 7.11. The second-order valence-electron chi connectivity index (χ2n) is 6.86. The maximum absolute atomic E-state index is 6.34. The van der Waals surface area contributed by atoms with Crippen LogP contribution in [0.5, 0.6) is 5.75 Å². The summed E-state index contributed by atoms with van der Waals surface area (Å²) in [6.07, 6.45) is 0.445. The van der Waals surface area contributed by atoms with E-state index in [1.165, 1.54) is 0 Å². The van der Waals surface area contributed by atoms with Crippen LogP contribution in [0.1, 0.15) is 35.4 Å². The van der Waals surface area contributed by atoms with Gasteiger partial charge in [0.25, 0.3) is 0 Å². The van der Waals surface area contributed by atoms with Crippen LogP contribution in [-0.4, -0.2) is 10.7 Å². The lowest BCUT2D eigenvalue weighted by Gasteiger charge is -2.38. The molecule has 0 radical (unpaired) electrons. The Labute approximate surface area is 181 Å². The molecule has 0 amide bonds. The molecule has 0 aliphatic carbocycles. The molecule has 2 heterocycles. The number of nitrogens with zero attached hydrogens (tertiary/aromatic N) is 2. The summed E-state index contributed by atoms with van der Waals surface area (Å²) in [6.45, 7) is 0. The SMILES string of the molecule is Clc1cccc(C2Oc3ccc(Cl)cc3C3CC(c4ccc(Br)cc4)=NN32)c1. The molecule has 0 saturated carbocycles. The lowest BCUT2D eigenvalue weighted by Crippen LogP contribution is -2.33. The highest BCUT2D eigenvalue weighted by molar-refractivity contribution is 9.10. The van der Waals surface area contributed by atoms with E-state index >= 15 is 0 Å². The van der Waals surface area contributed by atoms with E-state index in [4.69, 9.17) is 33.0 Å². The van der Waals surface area contributed by atoms with Crippen LogP contribution in [0.15, 0.2) is 76.3 Å². The quantitative estimate of drug-likeness (QED) is 0.400. The Morgan fingerprint density at radius 2 is 1.75 bits per heavy atom. The van der Waals surface area contributed by atoms with Crippen molar-refractivity contribution in [1.82, 2.24) is 5.01 Å². The zero-order valence-corrected chi connectivity index (χ0v) is 17.7. The first kappa shape index (κ1) is 18.0. The molecule has 2 aliphatic rings. The van der Waals surface area contributed by atoms with Crippen LogP contribution in [-0.2, 0) is 0 Å². The van der Waals surface area contributed by atoms with Gasteiger partial charge in [-0.05, 0) is 48.0 Å². The molecule has 0 aromatic heterocycles. The van der Waals surface area contributed by atoms with Gasteiger partial charge >= 0.3 is 0 Å². The Morgan fingerprint density at radius 3 is 2.54 bits per heavy atom. The Balaban J connectivity index is 1.61. The average molecular weight is 474 g/mol. The summed E-state index contributed by atoms with van der Waals surface area (Å²) in [5.41, 5.74) is 4.16. The maximum Gasteiger partial charge on any atom is 0.213 e. The molecule has 2 unspecified atom stereocenters. The molecular weight excluding hydrogens is 459 g/mol. The van der Waals surface area contributed by atoms with Crippen LogP contribution in [0.25, 0.3) is 0 Å². The van der Waals surface area contributed by atoms with Crippen molar-refractivity contribution in [1.29, 1.82) is 0 Å². The van der Waals surface area contributed by atoms with E-state index in [9.17, 15) is 0 Å². The minimum absolute atomic E-state index is 0.0603. The summed E-state index contributed by atoms with van der Waals surface area (Å²) >= 11 is 16.0. The first-order valence-electron chi connectivity index (χ1n) is 8.92. The number of hydrazone groups is 1. The largest absolute Gasteiger partial charge is 0.464 e. The van der Waals surface area contributed by atoms with E-state index in [0.717, 1.165) is 39.0 Å². The van der Waals surface area contributed by atoms with Gasteiger partial charge in [-0.1, -0.05) is 63.4 Å². The molecule has 140 valence electrons. The molecule has 0 bridgehead atoms. The first-order valence-corrected chi connectivity index (χ1v) is 10.5. The van der Waals surface area contributed by atoms with Gasteiger partial charge in [0.1, 0.15) is 5.75 Å². The molecule has 0 saturated heterocycles. The van der Waals surface area contributed by atoms with Gasteiger partial charge in [-0.25, -0.2) is 5.01 Å². The fourth-order valence-electron chi connectivity index (χ4n) is 3.76. The van der Waals surface area contributed by atoms with Crippen LogP contribution < -0.4 is 4.74 Å². The molecule has 6 heteroatoms. The molecule has 0 fully saturated rings. The zero-order chi connectivity index (χ0) is 19.3. The van der Waals surface area contributed by atoms with Crippen molar-refractivity contribution in [3.05, 3.63) is 97.9 Å². The number of hydrogen-bond acceptors (Lipinski definition) is 3. The topological polar surface area (TPSA) is 24.8 Å². The fourth-order valence-corrected chi connectivity index (χ4v) is 4.40. The van der Waals surface area contributed by atoms with Crippen molar-refractivity contribution < 1.29 is 4.74 Å². The number of hydrogen-bond donors (Lipinski definition) is 0. The predicted molar refractivity (Wildman–Crippen MR) is 116 cm³/mol. The first-order chi connectivity index (χ1) is 13.6. The lowest BCUT2D eigenvalue weighted by atomic mass is 9.96. The van der Waals surface area contributed by atoms with Gasteiger partial charge in [-0.15, -0.1) is 0 Å². The summed E-state index contributed by atoms with van der Waals surface area (Å²) in [5, 5.41) is 8.35. The minimum atomic E-state index is -0.342. The van der Waals surface area contributed by atoms with E-state index in [0.29, 0.717) is 10.0 Å². The molecule has 3 nitrogen and oxygen atoms in total. The third kappa shape index (κ3) is 3.20. The maximum atomic E-state index is 6.34. The molecule has 3 aromatic carbocycles. The fraction of sp³-hybridized carbons (Fsp3) is 0.136. The van der Waals surface area contributed by atoms with Gasteiger partial charge < -0.3 is 4.74 Å². The smallest absolute Gasteiger partial charge is 0.213 e. The normalized spacial score (nSPS) is 20.2. The van der Waals surface area contributed by atoms with Crippen LogP contribution in [0.2, 0.25) is 10.0 Å². The van der Waals surface area contributed by atoms with Crippen molar-refractivity contribution in [3.8, 4) is 5.75 Å². The lowest BCUT2D eigenvalue weighted by molar-refractivity contribution is -0.0190. The van der Waals surface area contributed by atoms with Gasteiger partial charge in [-0.3, -0.25) is 0 Å². The molecule has 5 rings (SSSR count). The van der Waals surface area contributed by atoms with Gasteiger partial charge in [0, 0.05) is 32.1 Å². The minimum Gasteiger partial charge on any atom is -0.464 e. The van der Waals surface area contributed by atoms with E-state index in [-0.39, 0.29) is 12.3 Å². The average Bonchev–Trinajstić information content (AvgIpc) is 3.14. The Kier molecular flexibility index (Phi) is 4.58. The van der Waals surface area contributed by atoms with Gasteiger partial charge in [0.2, 0.25) is 6.23 Å². The highest BCUT2D eigenvalue weighted by atomic mass is 79.9. The number of rotatable bonds is 2. The summed E-state index contributed by atoms with van der Waals surface area (Å²) in [5.74, 6) is 0.836. The Bertz CT molecular complexity index is 1080. The third-order valence-electron chi connectivity index (χ3n) is 5.06. The summed E-state index contributed by atoms with van der Waals surface area (Å²) in [6, 6.07) is 21.8. The van der Waals surface area contributed by atoms with Crippen LogP contribution in [0.4, 0.5) is 0 Å². The Morgan fingerprint density at radius 1 is 0.964 bits per heavy atom. The van der Waals surface area contributed by atoms with Crippen molar-refractivity contribution in [2.75, 3.05) is 0 Å². The third-order valence-corrected chi connectivity index (χ3v) is 6.06. The predicted octanol–water partition coefficient (Wildman–Crippen LogP) is 7.00. The molecular formula is C22H15BrCl2N2O. The number of ether oxygens (including phenoxy) is 1. The Hall–Kier alpha value is -2.01. The second-order valence-corrected chi connectivity index (χ2v) is 8.65. The van der Waals surface area contributed by atoms with Gasteiger partial charge in [0.15, 0.2) is 0 Å². The molecule has 2 atom stereocenters. The molecule has 0 spiro atoms. The van der Waals surface area contributed by atoms with E-state index in [2.05, 4.69) is 28.1 Å². The summed E-state index contributed by atoms with van der Waals surface area (Å²) in [7, 11) is 0. The van der Waals surface area contributed by atoms with Crippen LogP contribution in [0, 0.1) is 0 Å². The van der Waals surface area contributed by atoms with Crippen LogP contribution in [0.3, 0.4) is 0 Å². The zero-order valence-electron chi connectivity index (χ0n) is 14.6. The summed E-state index contributed by atoms with van der Waals surface area (Å²) < 4.78 is 7.39. The van der Waals surface area contributed by atoms with E-state index < -0.39 is 0 Å². The van der Waals surface area contributed by atoms with Crippen molar-refractivity contribution >= 4 is 44.8 Å². The number of benzene rings is 3. The van der Waals surface area contributed by atoms with Crippen molar-refractivity contribution in [3.63, 3.8) is 0 Å².